The summed E-state index contributed by atoms with van der Waals surface area (Å²) in [6.45, 7) is 3.30. The Hall–Kier alpha value is -1.98. The SMILES string of the molecule is CCC(C)(Cc1ccc([N+](=O)[O-])c(F)c1)C(=O)O. The van der Waals surface area contributed by atoms with E-state index in [0.717, 1.165) is 12.1 Å². The number of nitro groups is 1. The standard InChI is InChI=1S/C12H14FNO4/c1-3-12(2,11(15)16)7-8-4-5-10(14(17)18)9(13)6-8/h4-6H,3,7H2,1-2H3,(H,15,16). The van der Waals surface area contributed by atoms with Crippen molar-refractivity contribution in [2.24, 2.45) is 5.41 Å². The lowest BCUT2D eigenvalue weighted by Gasteiger charge is -2.22. The molecule has 0 bridgehead atoms. The molecule has 0 heterocycles. The molecule has 0 aromatic heterocycles. The van der Waals surface area contributed by atoms with Crippen LogP contribution in [0.5, 0.6) is 0 Å². The van der Waals surface area contributed by atoms with Gasteiger partial charge >= 0.3 is 11.7 Å². The number of aliphatic carboxylic acids is 1. The molecule has 1 N–H and O–H groups in total. The molecule has 0 saturated heterocycles. The third kappa shape index (κ3) is 2.82. The third-order valence-electron chi connectivity index (χ3n) is 3.10. The quantitative estimate of drug-likeness (QED) is 0.648. The van der Waals surface area contributed by atoms with E-state index < -0.39 is 27.8 Å². The van der Waals surface area contributed by atoms with Crippen molar-refractivity contribution in [1.29, 1.82) is 0 Å². The Morgan fingerprint density at radius 3 is 2.56 bits per heavy atom. The van der Waals surface area contributed by atoms with Crippen molar-refractivity contribution in [1.82, 2.24) is 0 Å². The molecule has 1 aromatic rings. The van der Waals surface area contributed by atoms with Gasteiger partial charge in [0.05, 0.1) is 10.3 Å². The molecular formula is C12H14FNO4. The first-order chi connectivity index (χ1) is 8.30. The Kier molecular flexibility index (Phi) is 4.00. The number of benzene rings is 1. The van der Waals surface area contributed by atoms with Gasteiger partial charge < -0.3 is 5.11 Å². The normalized spacial score (nSPS) is 13.9. The van der Waals surface area contributed by atoms with Crippen molar-refractivity contribution >= 4 is 11.7 Å². The molecule has 1 unspecified atom stereocenters. The van der Waals surface area contributed by atoms with E-state index in [0.29, 0.717) is 12.0 Å². The van der Waals surface area contributed by atoms with Crippen LogP contribution in [0, 0.1) is 21.3 Å². The Balaban J connectivity index is 3.03. The lowest BCUT2D eigenvalue weighted by Crippen LogP contribution is -2.29. The van der Waals surface area contributed by atoms with E-state index in [4.69, 9.17) is 5.11 Å². The summed E-state index contributed by atoms with van der Waals surface area (Å²) in [5.41, 5.74) is -1.17. The molecule has 0 amide bonds. The Morgan fingerprint density at radius 2 is 2.17 bits per heavy atom. The van der Waals surface area contributed by atoms with Crippen LogP contribution >= 0.6 is 0 Å². The fraction of sp³-hybridized carbons (Fsp3) is 0.417. The van der Waals surface area contributed by atoms with E-state index in [2.05, 4.69) is 0 Å². The van der Waals surface area contributed by atoms with Crippen molar-refractivity contribution in [2.45, 2.75) is 26.7 Å². The van der Waals surface area contributed by atoms with E-state index in [1.807, 2.05) is 0 Å². The van der Waals surface area contributed by atoms with Crippen LogP contribution in [-0.4, -0.2) is 16.0 Å². The second-order valence-electron chi connectivity index (χ2n) is 4.44. The highest BCUT2D eigenvalue weighted by atomic mass is 19.1. The first-order valence-corrected chi connectivity index (χ1v) is 5.46. The Bertz CT molecular complexity index is 489. The first-order valence-electron chi connectivity index (χ1n) is 5.46. The van der Waals surface area contributed by atoms with Crippen LogP contribution in [0.2, 0.25) is 0 Å². The molecule has 6 heteroatoms. The number of nitrogens with zero attached hydrogens (tertiary/aromatic N) is 1. The minimum atomic E-state index is -0.997. The predicted molar refractivity (Wildman–Crippen MR) is 62.8 cm³/mol. The molecule has 18 heavy (non-hydrogen) atoms. The first kappa shape index (κ1) is 14.1. The smallest absolute Gasteiger partial charge is 0.309 e. The van der Waals surface area contributed by atoms with Crippen molar-refractivity contribution < 1.29 is 19.2 Å². The molecule has 0 saturated carbocycles. The fourth-order valence-electron chi connectivity index (χ4n) is 1.61. The molecule has 0 fully saturated rings. The second-order valence-corrected chi connectivity index (χ2v) is 4.44. The lowest BCUT2D eigenvalue weighted by atomic mass is 9.81. The van der Waals surface area contributed by atoms with Gasteiger partial charge in [-0.1, -0.05) is 13.0 Å². The van der Waals surface area contributed by atoms with Crippen LogP contribution in [0.3, 0.4) is 0 Å². The number of hydrogen-bond acceptors (Lipinski definition) is 3. The van der Waals surface area contributed by atoms with Crippen molar-refractivity contribution in [3.8, 4) is 0 Å². The van der Waals surface area contributed by atoms with E-state index in [9.17, 15) is 19.3 Å². The number of hydrogen-bond donors (Lipinski definition) is 1. The van der Waals surface area contributed by atoms with Gasteiger partial charge in [-0.2, -0.15) is 4.39 Å². The van der Waals surface area contributed by atoms with E-state index in [1.54, 1.807) is 13.8 Å². The molecular weight excluding hydrogens is 241 g/mol. The number of halogens is 1. The largest absolute Gasteiger partial charge is 0.481 e. The minimum Gasteiger partial charge on any atom is -0.481 e. The second kappa shape index (κ2) is 5.12. The van der Waals surface area contributed by atoms with E-state index in [-0.39, 0.29) is 6.42 Å². The van der Waals surface area contributed by atoms with Gasteiger partial charge in [-0.25, -0.2) is 0 Å². The number of carbonyl (C=O) groups is 1. The summed E-state index contributed by atoms with van der Waals surface area (Å²) in [5.74, 6) is -1.91. The van der Waals surface area contributed by atoms with Crippen LogP contribution in [0.1, 0.15) is 25.8 Å². The molecule has 1 atom stereocenters. The maximum Gasteiger partial charge on any atom is 0.309 e. The van der Waals surface area contributed by atoms with E-state index in [1.165, 1.54) is 6.07 Å². The highest BCUT2D eigenvalue weighted by Gasteiger charge is 2.31. The summed E-state index contributed by atoms with van der Waals surface area (Å²) in [4.78, 5) is 20.8. The summed E-state index contributed by atoms with van der Waals surface area (Å²) in [6, 6.07) is 3.47. The zero-order chi connectivity index (χ0) is 13.9. The van der Waals surface area contributed by atoms with Gasteiger partial charge in [0.25, 0.3) is 0 Å². The van der Waals surface area contributed by atoms with Crippen LogP contribution < -0.4 is 0 Å². The van der Waals surface area contributed by atoms with Crippen molar-refractivity contribution in [2.75, 3.05) is 0 Å². The fourth-order valence-corrected chi connectivity index (χ4v) is 1.61. The molecule has 1 rings (SSSR count). The predicted octanol–water partition coefficient (Wildman–Crippen LogP) is 2.78. The summed E-state index contributed by atoms with van der Waals surface area (Å²) in [6.07, 6.45) is 0.523. The molecule has 0 radical (unpaired) electrons. The number of carboxylic acids is 1. The maximum absolute atomic E-state index is 13.4. The summed E-state index contributed by atoms with van der Waals surface area (Å²) < 4.78 is 13.4. The Labute approximate surface area is 103 Å². The van der Waals surface area contributed by atoms with Crippen LogP contribution in [0.4, 0.5) is 10.1 Å². The summed E-state index contributed by atoms with van der Waals surface area (Å²) in [5, 5.41) is 19.6. The van der Waals surface area contributed by atoms with Gasteiger partial charge in [0.1, 0.15) is 0 Å². The van der Waals surface area contributed by atoms with Crippen LogP contribution in [0.15, 0.2) is 18.2 Å². The number of nitro benzene ring substituents is 1. The molecule has 1 aromatic carbocycles. The van der Waals surface area contributed by atoms with Crippen LogP contribution in [0.25, 0.3) is 0 Å². The Morgan fingerprint density at radius 1 is 1.56 bits per heavy atom. The van der Waals surface area contributed by atoms with Gasteiger partial charge in [-0.05, 0) is 31.4 Å². The zero-order valence-corrected chi connectivity index (χ0v) is 10.1. The van der Waals surface area contributed by atoms with Gasteiger partial charge in [0.15, 0.2) is 0 Å². The average molecular weight is 255 g/mol. The lowest BCUT2D eigenvalue weighted by molar-refractivity contribution is -0.387. The molecule has 0 aliphatic rings. The highest BCUT2D eigenvalue weighted by Crippen LogP contribution is 2.28. The highest BCUT2D eigenvalue weighted by molar-refractivity contribution is 5.74. The molecule has 0 aliphatic carbocycles. The van der Waals surface area contributed by atoms with E-state index >= 15 is 0 Å². The summed E-state index contributed by atoms with van der Waals surface area (Å²) >= 11 is 0. The molecule has 98 valence electrons. The van der Waals surface area contributed by atoms with Gasteiger partial charge in [0.2, 0.25) is 5.82 Å². The molecule has 0 spiro atoms. The molecule has 0 aliphatic heterocycles. The number of carboxylic acid groups (broad SMARTS) is 1. The third-order valence-corrected chi connectivity index (χ3v) is 3.10. The minimum absolute atomic E-state index is 0.133. The summed E-state index contributed by atoms with van der Waals surface area (Å²) in [7, 11) is 0. The maximum atomic E-state index is 13.4. The average Bonchev–Trinajstić information content (AvgIpc) is 2.28. The van der Waals surface area contributed by atoms with Gasteiger partial charge in [-0.15, -0.1) is 0 Å². The zero-order valence-electron chi connectivity index (χ0n) is 10.1. The van der Waals surface area contributed by atoms with Crippen LogP contribution in [-0.2, 0) is 11.2 Å². The monoisotopic (exact) mass is 255 g/mol. The van der Waals surface area contributed by atoms with Gasteiger partial charge in [-0.3, -0.25) is 14.9 Å². The molecule has 5 nitrogen and oxygen atoms in total. The number of rotatable bonds is 5. The van der Waals surface area contributed by atoms with Crippen molar-refractivity contribution in [3.05, 3.63) is 39.7 Å². The van der Waals surface area contributed by atoms with Crippen molar-refractivity contribution in [3.63, 3.8) is 0 Å². The topological polar surface area (TPSA) is 80.4 Å². The van der Waals surface area contributed by atoms with Gasteiger partial charge in [0, 0.05) is 6.07 Å².